The van der Waals surface area contributed by atoms with Gasteiger partial charge in [-0.1, -0.05) is 29.0 Å². The van der Waals surface area contributed by atoms with Crippen molar-refractivity contribution in [3.63, 3.8) is 0 Å². The number of carbonyl (C=O) groups is 1. The van der Waals surface area contributed by atoms with Gasteiger partial charge in [-0.2, -0.15) is 13.2 Å². The number of aromatic nitrogens is 1. The molecule has 0 saturated carbocycles. The number of hydrogen-bond acceptors (Lipinski definition) is 6. The van der Waals surface area contributed by atoms with Gasteiger partial charge in [-0.25, -0.2) is 9.37 Å². The highest BCUT2D eigenvalue weighted by molar-refractivity contribution is 7.22. The lowest BCUT2D eigenvalue weighted by molar-refractivity contribution is -0.140. The summed E-state index contributed by atoms with van der Waals surface area (Å²) >= 11 is 7.28. The van der Waals surface area contributed by atoms with Crippen LogP contribution in [0.3, 0.4) is 0 Å². The normalized spacial score (nSPS) is 15.4. The molecule has 0 bridgehead atoms. The molecule has 1 aliphatic heterocycles. The second kappa shape index (κ2) is 10.5. The van der Waals surface area contributed by atoms with Gasteiger partial charge < -0.3 is 14.7 Å². The lowest BCUT2D eigenvalue weighted by atomic mass is 10.1. The van der Waals surface area contributed by atoms with Gasteiger partial charge in [-0.3, -0.25) is 9.69 Å². The molecule has 3 aromatic rings. The van der Waals surface area contributed by atoms with E-state index in [1.807, 2.05) is 4.90 Å². The number of anilines is 1. The molecule has 1 saturated heterocycles. The number of halogens is 5. The Morgan fingerprint density at radius 1 is 1.17 bits per heavy atom. The standard InChI is InChI=1S/C23H22ClF4N3O3S/c24-16-3-2-14(11-21(32)33)10-19(16)34-9-8-30-4-1-5-31(7-6-30)22-29-18-13-17(25)15(23(26,27)28)12-20(18)35-22/h2-3,10,12-13H,1,4-9,11H2,(H,32,33). The maximum atomic E-state index is 13.9. The molecule has 6 nitrogen and oxygen atoms in total. The highest BCUT2D eigenvalue weighted by atomic mass is 35.5. The number of nitrogens with zero attached hydrogens (tertiary/aromatic N) is 3. The number of carboxylic acids is 1. The van der Waals surface area contributed by atoms with E-state index in [1.54, 1.807) is 18.2 Å². The van der Waals surface area contributed by atoms with Gasteiger partial charge in [0.05, 0.1) is 27.2 Å². The number of alkyl halides is 3. The maximum absolute atomic E-state index is 13.9. The number of thiazole rings is 1. The van der Waals surface area contributed by atoms with Crippen LogP contribution in [0.5, 0.6) is 5.75 Å². The summed E-state index contributed by atoms with van der Waals surface area (Å²) in [6.45, 7) is 3.75. The lowest BCUT2D eigenvalue weighted by Crippen LogP contribution is -2.33. The fourth-order valence-electron chi connectivity index (χ4n) is 3.90. The molecule has 2 aromatic carbocycles. The molecule has 2 heterocycles. The van der Waals surface area contributed by atoms with Gasteiger partial charge in [-0.15, -0.1) is 0 Å². The van der Waals surface area contributed by atoms with Crippen molar-refractivity contribution in [3.8, 4) is 5.75 Å². The van der Waals surface area contributed by atoms with E-state index in [0.717, 1.165) is 36.4 Å². The van der Waals surface area contributed by atoms with Crippen molar-refractivity contribution in [1.82, 2.24) is 9.88 Å². The molecule has 4 rings (SSSR count). The Kier molecular flexibility index (Phi) is 7.67. The zero-order chi connectivity index (χ0) is 25.2. The van der Waals surface area contributed by atoms with Crippen LogP contribution in [0.25, 0.3) is 10.2 Å². The molecule has 0 aliphatic carbocycles. The van der Waals surface area contributed by atoms with E-state index in [-0.39, 0.29) is 11.9 Å². The van der Waals surface area contributed by atoms with Crippen LogP contribution in [0.4, 0.5) is 22.7 Å². The van der Waals surface area contributed by atoms with Crippen LogP contribution in [0.1, 0.15) is 17.5 Å². The first-order chi connectivity index (χ1) is 16.6. The Bertz CT molecular complexity index is 1220. The minimum absolute atomic E-state index is 0.120. The number of carboxylic acid groups (broad SMARTS) is 1. The zero-order valence-corrected chi connectivity index (χ0v) is 20.0. The van der Waals surface area contributed by atoms with Gasteiger partial charge in [0, 0.05) is 38.8 Å². The van der Waals surface area contributed by atoms with Gasteiger partial charge in [0.25, 0.3) is 0 Å². The molecule has 188 valence electrons. The monoisotopic (exact) mass is 531 g/mol. The van der Waals surface area contributed by atoms with Crippen molar-refractivity contribution in [2.75, 3.05) is 44.2 Å². The topological polar surface area (TPSA) is 65.9 Å². The second-order valence-electron chi connectivity index (χ2n) is 8.16. The molecule has 1 N–H and O–H groups in total. The summed E-state index contributed by atoms with van der Waals surface area (Å²) in [5.74, 6) is -1.83. The van der Waals surface area contributed by atoms with E-state index in [0.29, 0.717) is 59.0 Å². The molecule has 0 spiro atoms. The first-order valence-electron chi connectivity index (χ1n) is 10.9. The smallest absolute Gasteiger partial charge is 0.419 e. The summed E-state index contributed by atoms with van der Waals surface area (Å²) in [4.78, 5) is 19.5. The molecule has 1 aromatic heterocycles. The summed E-state index contributed by atoms with van der Waals surface area (Å²) < 4.78 is 59.1. The van der Waals surface area contributed by atoms with Crippen LogP contribution in [0.2, 0.25) is 5.02 Å². The predicted molar refractivity (Wildman–Crippen MR) is 126 cm³/mol. The minimum Gasteiger partial charge on any atom is -0.491 e. The van der Waals surface area contributed by atoms with E-state index >= 15 is 0 Å². The van der Waals surface area contributed by atoms with Gasteiger partial charge in [0.2, 0.25) is 0 Å². The molecule has 35 heavy (non-hydrogen) atoms. The minimum atomic E-state index is -4.75. The fourth-order valence-corrected chi connectivity index (χ4v) is 5.11. The Hall–Kier alpha value is -2.63. The van der Waals surface area contributed by atoms with Gasteiger partial charge >= 0.3 is 12.1 Å². The number of rotatable bonds is 7. The van der Waals surface area contributed by atoms with Crippen LogP contribution in [-0.4, -0.2) is 60.3 Å². The Labute approximate surface area is 207 Å². The zero-order valence-electron chi connectivity index (χ0n) is 18.4. The highest BCUT2D eigenvalue weighted by Crippen LogP contribution is 2.37. The number of benzene rings is 2. The SMILES string of the molecule is O=C(O)Cc1ccc(Cl)c(OCCN2CCCN(c3nc4cc(F)c(C(F)(F)F)cc4s3)CC2)c1. The van der Waals surface area contributed by atoms with Crippen molar-refractivity contribution in [1.29, 1.82) is 0 Å². The quantitative estimate of drug-likeness (QED) is 0.416. The van der Waals surface area contributed by atoms with Crippen LogP contribution in [0.15, 0.2) is 30.3 Å². The first-order valence-corrected chi connectivity index (χ1v) is 12.1. The molecule has 1 fully saturated rings. The van der Waals surface area contributed by atoms with E-state index < -0.39 is 23.5 Å². The molecule has 1 aliphatic rings. The van der Waals surface area contributed by atoms with Crippen LogP contribution in [-0.2, 0) is 17.4 Å². The molecule has 0 unspecified atom stereocenters. The van der Waals surface area contributed by atoms with E-state index in [1.165, 1.54) is 0 Å². The Morgan fingerprint density at radius 2 is 1.97 bits per heavy atom. The summed E-state index contributed by atoms with van der Waals surface area (Å²) in [6.07, 6.45) is -4.06. The Balaban J connectivity index is 1.35. The number of aliphatic carboxylic acids is 1. The van der Waals surface area contributed by atoms with Crippen LogP contribution in [0, 0.1) is 5.82 Å². The van der Waals surface area contributed by atoms with Gasteiger partial charge in [-0.05, 0) is 30.2 Å². The lowest BCUT2D eigenvalue weighted by Gasteiger charge is -2.21. The fraction of sp³-hybridized carbons (Fsp3) is 0.391. The van der Waals surface area contributed by atoms with Crippen molar-refractivity contribution >= 4 is 44.3 Å². The average molecular weight is 532 g/mol. The number of fused-ring (bicyclic) bond motifs is 1. The molecule has 0 radical (unpaired) electrons. The first kappa shape index (κ1) is 25.5. The van der Waals surface area contributed by atoms with Crippen molar-refractivity contribution < 1.29 is 32.2 Å². The molecular weight excluding hydrogens is 510 g/mol. The van der Waals surface area contributed by atoms with Gasteiger partial charge in [0.1, 0.15) is 18.2 Å². The third-order valence-electron chi connectivity index (χ3n) is 5.65. The molecular formula is C23H22ClF4N3O3S. The number of ether oxygens (including phenoxy) is 1. The molecule has 0 amide bonds. The summed E-state index contributed by atoms with van der Waals surface area (Å²) in [5.41, 5.74) is -0.469. The Morgan fingerprint density at radius 3 is 2.71 bits per heavy atom. The second-order valence-corrected chi connectivity index (χ2v) is 9.58. The predicted octanol–water partition coefficient (Wildman–Crippen LogP) is 5.33. The van der Waals surface area contributed by atoms with Crippen LogP contribution < -0.4 is 9.64 Å². The highest BCUT2D eigenvalue weighted by Gasteiger charge is 2.35. The van der Waals surface area contributed by atoms with E-state index in [9.17, 15) is 22.4 Å². The van der Waals surface area contributed by atoms with Crippen molar-refractivity contribution in [2.24, 2.45) is 0 Å². The van der Waals surface area contributed by atoms with Crippen molar-refractivity contribution in [3.05, 3.63) is 52.3 Å². The largest absolute Gasteiger partial charge is 0.491 e. The van der Waals surface area contributed by atoms with Crippen molar-refractivity contribution in [2.45, 2.75) is 19.0 Å². The third-order valence-corrected chi connectivity index (χ3v) is 7.04. The summed E-state index contributed by atoms with van der Waals surface area (Å²) in [6, 6.07) is 6.55. The molecule has 12 heteroatoms. The number of hydrogen-bond donors (Lipinski definition) is 1. The maximum Gasteiger partial charge on any atom is 0.419 e. The third kappa shape index (κ3) is 6.33. The summed E-state index contributed by atoms with van der Waals surface area (Å²) in [7, 11) is 0. The summed E-state index contributed by atoms with van der Waals surface area (Å²) in [5, 5.41) is 9.92. The van der Waals surface area contributed by atoms with E-state index in [2.05, 4.69) is 9.88 Å². The molecule has 0 atom stereocenters. The average Bonchev–Trinajstić information content (AvgIpc) is 3.03. The van der Waals surface area contributed by atoms with Gasteiger partial charge in [0.15, 0.2) is 5.13 Å². The van der Waals surface area contributed by atoms with Crippen LogP contribution >= 0.6 is 22.9 Å². The van der Waals surface area contributed by atoms with E-state index in [4.69, 9.17) is 21.4 Å².